The van der Waals surface area contributed by atoms with Crippen LogP contribution in [0.15, 0.2) is 42.5 Å². The maximum atomic E-state index is 13.2. The minimum Gasteiger partial charge on any atom is -0.496 e. The first kappa shape index (κ1) is 22.0. The number of carbonyl (C=O) groups excluding carboxylic acids is 2. The Kier molecular flexibility index (Phi) is 7.57. The van der Waals surface area contributed by atoms with E-state index >= 15 is 0 Å². The fourth-order valence-corrected chi connectivity index (χ4v) is 3.78. The van der Waals surface area contributed by atoms with E-state index in [1.54, 1.807) is 23.1 Å². The van der Waals surface area contributed by atoms with Gasteiger partial charge in [0.05, 0.1) is 14.2 Å². The second-order valence-electron chi connectivity index (χ2n) is 7.19. The zero-order chi connectivity index (χ0) is 21.5. The maximum absolute atomic E-state index is 13.2. The molecule has 0 radical (unpaired) electrons. The Morgan fingerprint density at radius 1 is 0.900 bits per heavy atom. The van der Waals surface area contributed by atoms with Crippen molar-refractivity contribution in [1.82, 2.24) is 9.80 Å². The summed E-state index contributed by atoms with van der Waals surface area (Å²) >= 11 is 5.91. The molecule has 0 aliphatic carbocycles. The van der Waals surface area contributed by atoms with E-state index in [1.807, 2.05) is 29.2 Å². The zero-order valence-corrected chi connectivity index (χ0v) is 18.2. The first-order valence-electron chi connectivity index (χ1n) is 10.1. The molecule has 1 heterocycles. The molecule has 6 nitrogen and oxygen atoms in total. The van der Waals surface area contributed by atoms with Gasteiger partial charge in [-0.3, -0.25) is 9.59 Å². The normalized spacial score (nSPS) is 14.2. The van der Waals surface area contributed by atoms with Crippen molar-refractivity contribution in [2.75, 3.05) is 40.4 Å². The molecule has 0 bridgehead atoms. The third-order valence-corrected chi connectivity index (χ3v) is 5.57. The lowest BCUT2D eigenvalue weighted by molar-refractivity contribution is -0.131. The van der Waals surface area contributed by atoms with Gasteiger partial charge in [0.1, 0.15) is 17.1 Å². The second-order valence-corrected chi connectivity index (χ2v) is 7.63. The number of aryl methyl sites for hydroxylation is 1. The summed E-state index contributed by atoms with van der Waals surface area (Å²) in [7, 11) is 3.07. The smallest absolute Gasteiger partial charge is 0.261 e. The highest BCUT2D eigenvalue weighted by molar-refractivity contribution is 6.30. The minimum atomic E-state index is -0.139. The summed E-state index contributed by atoms with van der Waals surface area (Å²) in [5.74, 6) is 0.938. The van der Waals surface area contributed by atoms with Gasteiger partial charge in [0, 0.05) is 37.6 Å². The Morgan fingerprint density at radius 2 is 1.50 bits per heavy atom. The quantitative estimate of drug-likeness (QED) is 0.701. The van der Waals surface area contributed by atoms with Crippen LogP contribution in [-0.2, 0) is 11.2 Å². The van der Waals surface area contributed by atoms with E-state index in [-0.39, 0.29) is 11.8 Å². The van der Waals surface area contributed by atoms with Crippen molar-refractivity contribution >= 4 is 23.4 Å². The van der Waals surface area contributed by atoms with E-state index in [4.69, 9.17) is 21.1 Å². The number of carbonyl (C=O) groups is 2. The number of hydrogen-bond acceptors (Lipinski definition) is 4. The molecule has 2 aromatic rings. The number of rotatable bonds is 6. The maximum Gasteiger partial charge on any atom is 0.261 e. The lowest BCUT2D eigenvalue weighted by atomic mass is 10.1. The van der Waals surface area contributed by atoms with Gasteiger partial charge in [0.15, 0.2) is 0 Å². The molecule has 1 aliphatic rings. The van der Waals surface area contributed by atoms with Crippen LogP contribution in [-0.4, -0.2) is 62.0 Å². The van der Waals surface area contributed by atoms with Crippen molar-refractivity contribution in [1.29, 1.82) is 0 Å². The summed E-state index contributed by atoms with van der Waals surface area (Å²) in [6.07, 6.45) is 1.85. The summed E-state index contributed by atoms with van der Waals surface area (Å²) in [6, 6.07) is 12.8. The number of methoxy groups -OCH3 is 2. The van der Waals surface area contributed by atoms with Gasteiger partial charge in [-0.1, -0.05) is 29.8 Å². The molecule has 30 heavy (non-hydrogen) atoms. The van der Waals surface area contributed by atoms with Gasteiger partial charge in [0.25, 0.3) is 5.91 Å². The molecule has 0 saturated carbocycles. The molecule has 0 aromatic heterocycles. The van der Waals surface area contributed by atoms with E-state index in [0.717, 1.165) is 12.0 Å². The number of halogens is 1. The van der Waals surface area contributed by atoms with Crippen LogP contribution >= 0.6 is 11.6 Å². The third-order valence-electron chi connectivity index (χ3n) is 5.32. The molecule has 0 spiro atoms. The Balaban J connectivity index is 1.61. The molecule has 1 fully saturated rings. The van der Waals surface area contributed by atoms with Crippen LogP contribution in [0.3, 0.4) is 0 Å². The highest BCUT2D eigenvalue weighted by Crippen LogP contribution is 2.30. The number of benzene rings is 2. The molecule has 2 aromatic carbocycles. The summed E-state index contributed by atoms with van der Waals surface area (Å²) in [4.78, 5) is 29.5. The fraction of sp³-hybridized carbons (Fsp3) is 0.391. The first-order valence-corrected chi connectivity index (χ1v) is 10.4. The van der Waals surface area contributed by atoms with Crippen molar-refractivity contribution in [3.63, 3.8) is 0 Å². The predicted octanol–water partition coefficient (Wildman–Crippen LogP) is 3.66. The molecule has 2 amide bonds. The lowest BCUT2D eigenvalue weighted by Crippen LogP contribution is -2.37. The Labute approximate surface area is 182 Å². The van der Waals surface area contributed by atoms with Gasteiger partial charge in [0.2, 0.25) is 5.91 Å². The number of ether oxygens (including phenoxy) is 2. The molecule has 0 atom stereocenters. The zero-order valence-electron chi connectivity index (χ0n) is 17.4. The van der Waals surface area contributed by atoms with Gasteiger partial charge in [-0.2, -0.15) is 0 Å². The van der Waals surface area contributed by atoms with Gasteiger partial charge in [-0.15, -0.1) is 0 Å². The highest BCUT2D eigenvalue weighted by Gasteiger charge is 2.27. The number of hydrogen-bond donors (Lipinski definition) is 0. The highest BCUT2D eigenvalue weighted by atomic mass is 35.5. The summed E-state index contributed by atoms with van der Waals surface area (Å²) in [5, 5.41) is 0.689. The first-order chi connectivity index (χ1) is 14.5. The minimum absolute atomic E-state index is 0.106. The van der Waals surface area contributed by atoms with Crippen LogP contribution in [0.1, 0.15) is 28.8 Å². The lowest BCUT2D eigenvalue weighted by Gasteiger charge is -2.23. The van der Waals surface area contributed by atoms with E-state index in [9.17, 15) is 9.59 Å². The second kappa shape index (κ2) is 10.3. The van der Waals surface area contributed by atoms with Crippen molar-refractivity contribution in [3.8, 4) is 11.5 Å². The fourth-order valence-electron chi connectivity index (χ4n) is 3.65. The molecule has 160 valence electrons. The molecule has 7 heteroatoms. The Morgan fingerprint density at radius 3 is 2.13 bits per heavy atom. The molecule has 1 aliphatic heterocycles. The Bertz CT molecular complexity index is 863. The molecule has 0 N–H and O–H groups in total. The number of nitrogens with zero attached hydrogens (tertiary/aromatic N) is 2. The van der Waals surface area contributed by atoms with E-state index < -0.39 is 0 Å². The van der Waals surface area contributed by atoms with Crippen LogP contribution in [0.2, 0.25) is 5.02 Å². The number of amides is 2. The van der Waals surface area contributed by atoms with Crippen LogP contribution in [0.5, 0.6) is 11.5 Å². The summed E-state index contributed by atoms with van der Waals surface area (Å²) in [6.45, 7) is 2.22. The largest absolute Gasteiger partial charge is 0.496 e. The van der Waals surface area contributed by atoms with Crippen molar-refractivity contribution in [2.45, 2.75) is 19.3 Å². The predicted molar refractivity (Wildman–Crippen MR) is 116 cm³/mol. The standard InChI is InChI=1S/C23H27ClN2O4/c1-29-19-5-3-6-20(30-2)22(19)23(28)26-14-4-13-25(15-16-26)21(27)12-9-17-7-10-18(24)11-8-17/h3,5-8,10-11H,4,9,12-16H2,1-2H3. The van der Waals surface area contributed by atoms with E-state index in [0.29, 0.717) is 61.1 Å². The van der Waals surface area contributed by atoms with Gasteiger partial charge < -0.3 is 19.3 Å². The van der Waals surface area contributed by atoms with Gasteiger partial charge >= 0.3 is 0 Å². The third kappa shape index (κ3) is 5.25. The van der Waals surface area contributed by atoms with E-state index in [1.165, 1.54) is 14.2 Å². The SMILES string of the molecule is COc1cccc(OC)c1C(=O)N1CCCN(C(=O)CCc2ccc(Cl)cc2)CC1. The van der Waals surface area contributed by atoms with Gasteiger partial charge in [-0.25, -0.2) is 0 Å². The average Bonchev–Trinajstić information content (AvgIpc) is 3.03. The molecular weight excluding hydrogens is 404 g/mol. The molecule has 1 saturated heterocycles. The average molecular weight is 431 g/mol. The van der Waals surface area contributed by atoms with Gasteiger partial charge in [-0.05, 0) is 42.7 Å². The Hall–Kier alpha value is -2.73. The van der Waals surface area contributed by atoms with Crippen molar-refractivity contribution < 1.29 is 19.1 Å². The topological polar surface area (TPSA) is 59.1 Å². The summed E-state index contributed by atoms with van der Waals surface area (Å²) < 4.78 is 10.7. The van der Waals surface area contributed by atoms with E-state index in [2.05, 4.69) is 0 Å². The summed E-state index contributed by atoms with van der Waals surface area (Å²) in [5.41, 5.74) is 1.51. The monoisotopic (exact) mass is 430 g/mol. The van der Waals surface area contributed by atoms with Crippen LogP contribution < -0.4 is 9.47 Å². The van der Waals surface area contributed by atoms with Crippen LogP contribution in [0.25, 0.3) is 0 Å². The van der Waals surface area contributed by atoms with Crippen LogP contribution in [0, 0.1) is 0 Å². The van der Waals surface area contributed by atoms with Crippen molar-refractivity contribution in [2.24, 2.45) is 0 Å². The molecule has 3 rings (SSSR count). The van der Waals surface area contributed by atoms with Crippen molar-refractivity contribution in [3.05, 3.63) is 58.6 Å². The molecule has 0 unspecified atom stereocenters. The molecular formula is C23H27ClN2O4. The van der Waals surface area contributed by atoms with Crippen LogP contribution in [0.4, 0.5) is 0 Å².